The predicted molar refractivity (Wildman–Crippen MR) is 76.5 cm³/mol. The molecule has 0 aliphatic heterocycles. The number of rotatable bonds is 5. The molecule has 106 valence electrons. The van der Waals surface area contributed by atoms with Gasteiger partial charge >= 0.3 is 0 Å². The number of aromatic nitrogens is 5. The van der Waals surface area contributed by atoms with Gasteiger partial charge in [-0.25, -0.2) is 9.67 Å². The number of aryl methyl sites for hydroxylation is 1. The number of carbonyl (C=O) groups is 1. The van der Waals surface area contributed by atoms with Crippen LogP contribution in [0.25, 0.3) is 0 Å². The number of anilines is 1. The monoisotopic (exact) mass is 292 g/mol. The molecule has 0 saturated carbocycles. The van der Waals surface area contributed by atoms with Crippen molar-refractivity contribution in [3.05, 3.63) is 23.9 Å². The summed E-state index contributed by atoms with van der Waals surface area (Å²) < 4.78 is 1.68. The van der Waals surface area contributed by atoms with Crippen molar-refractivity contribution < 1.29 is 4.79 Å². The average Bonchev–Trinajstić information content (AvgIpc) is 2.85. The first-order chi connectivity index (χ1) is 9.56. The molecule has 0 spiro atoms. The number of amides is 1. The van der Waals surface area contributed by atoms with Gasteiger partial charge in [-0.1, -0.05) is 17.8 Å². The lowest BCUT2D eigenvalue weighted by Crippen LogP contribution is -2.16. The number of pyridine rings is 1. The van der Waals surface area contributed by atoms with Gasteiger partial charge in [0, 0.05) is 5.69 Å². The maximum atomic E-state index is 11.9. The second kappa shape index (κ2) is 6.47. The lowest BCUT2D eigenvalue weighted by Gasteiger charge is -2.07. The fourth-order valence-electron chi connectivity index (χ4n) is 1.53. The summed E-state index contributed by atoms with van der Waals surface area (Å²) in [5, 5.41) is 14.8. The zero-order valence-corrected chi connectivity index (χ0v) is 12.4. The van der Waals surface area contributed by atoms with Gasteiger partial charge in [0.15, 0.2) is 0 Å². The largest absolute Gasteiger partial charge is 0.310 e. The summed E-state index contributed by atoms with van der Waals surface area (Å²) in [6, 6.07) is 5.65. The highest BCUT2D eigenvalue weighted by Gasteiger charge is 2.12. The molecule has 0 aliphatic rings. The summed E-state index contributed by atoms with van der Waals surface area (Å²) in [7, 11) is 0. The van der Waals surface area contributed by atoms with Gasteiger partial charge in [-0.15, -0.1) is 5.10 Å². The van der Waals surface area contributed by atoms with Gasteiger partial charge in [-0.3, -0.25) is 4.79 Å². The number of hydrogen-bond acceptors (Lipinski definition) is 6. The SMILES string of the molecule is Cc1cccc(NC(=O)CSc2nnnn2C(C)C)n1. The van der Waals surface area contributed by atoms with Crippen LogP contribution in [0, 0.1) is 6.92 Å². The third kappa shape index (κ3) is 3.77. The molecule has 0 fully saturated rings. The highest BCUT2D eigenvalue weighted by atomic mass is 32.2. The van der Waals surface area contributed by atoms with Crippen LogP contribution in [0.5, 0.6) is 0 Å². The molecule has 2 rings (SSSR count). The number of tetrazole rings is 1. The van der Waals surface area contributed by atoms with Crippen molar-refractivity contribution >= 4 is 23.5 Å². The minimum Gasteiger partial charge on any atom is -0.310 e. The Morgan fingerprint density at radius 2 is 2.25 bits per heavy atom. The van der Waals surface area contributed by atoms with E-state index in [9.17, 15) is 4.79 Å². The number of nitrogens with one attached hydrogen (secondary N) is 1. The van der Waals surface area contributed by atoms with Crippen LogP contribution in [-0.2, 0) is 4.79 Å². The van der Waals surface area contributed by atoms with E-state index < -0.39 is 0 Å². The van der Waals surface area contributed by atoms with Crippen molar-refractivity contribution in [2.45, 2.75) is 32.0 Å². The van der Waals surface area contributed by atoms with Gasteiger partial charge in [0.25, 0.3) is 0 Å². The Hall–Kier alpha value is -1.96. The molecule has 1 N–H and O–H groups in total. The third-order valence-corrected chi connectivity index (χ3v) is 3.37. The quantitative estimate of drug-likeness (QED) is 0.844. The van der Waals surface area contributed by atoms with Crippen molar-refractivity contribution in [2.75, 3.05) is 11.1 Å². The minimum atomic E-state index is -0.133. The second-order valence-corrected chi connectivity index (χ2v) is 5.44. The Kier molecular flexibility index (Phi) is 4.67. The Morgan fingerprint density at radius 1 is 1.45 bits per heavy atom. The van der Waals surface area contributed by atoms with E-state index in [4.69, 9.17) is 0 Å². The molecule has 8 heteroatoms. The van der Waals surface area contributed by atoms with Crippen LogP contribution in [0.2, 0.25) is 0 Å². The molecule has 2 heterocycles. The summed E-state index contributed by atoms with van der Waals surface area (Å²) >= 11 is 1.30. The van der Waals surface area contributed by atoms with E-state index in [0.717, 1.165) is 5.69 Å². The summed E-state index contributed by atoms with van der Waals surface area (Å²) in [5.74, 6) is 0.661. The fraction of sp³-hybridized carbons (Fsp3) is 0.417. The van der Waals surface area contributed by atoms with E-state index >= 15 is 0 Å². The Bertz CT molecular complexity index is 597. The number of nitrogens with zero attached hydrogens (tertiary/aromatic N) is 5. The van der Waals surface area contributed by atoms with Crippen LogP contribution < -0.4 is 5.32 Å². The van der Waals surface area contributed by atoms with Crippen molar-refractivity contribution in [2.24, 2.45) is 0 Å². The summed E-state index contributed by atoms with van der Waals surface area (Å²) in [6.07, 6.45) is 0. The summed E-state index contributed by atoms with van der Waals surface area (Å²) in [4.78, 5) is 16.1. The molecule has 0 unspecified atom stereocenters. The molecule has 0 atom stereocenters. The fourth-order valence-corrected chi connectivity index (χ4v) is 2.33. The molecule has 0 saturated heterocycles. The Morgan fingerprint density at radius 3 is 2.95 bits per heavy atom. The maximum Gasteiger partial charge on any atom is 0.236 e. The van der Waals surface area contributed by atoms with Crippen molar-refractivity contribution in [1.82, 2.24) is 25.2 Å². The van der Waals surface area contributed by atoms with E-state index in [1.807, 2.05) is 32.9 Å². The second-order valence-electron chi connectivity index (χ2n) is 4.50. The van der Waals surface area contributed by atoms with Crippen molar-refractivity contribution in [3.8, 4) is 0 Å². The molecular formula is C12H16N6OS. The van der Waals surface area contributed by atoms with Crippen molar-refractivity contribution in [3.63, 3.8) is 0 Å². The molecule has 1 amide bonds. The van der Waals surface area contributed by atoms with Gasteiger partial charge in [0.2, 0.25) is 11.1 Å². The van der Waals surface area contributed by atoms with Gasteiger partial charge in [0.1, 0.15) is 5.82 Å². The molecule has 7 nitrogen and oxygen atoms in total. The van der Waals surface area contributed by atoms with Gasteiger partial charge in [-0.05, 0) is 43.3 Å². The van der Waals surface area contributed by atoms with Crippen LogP contribution in [-0.4, -0.2) is 36.9 Å². The van der Waals surface area contributed by atoms with Crippen LogP contribution in [0.1, 0.15) is 25.6 Å². The Labute approximate surface area is 121 Å². The van der Waals surface area contributed by atoms with E-state index in [1.54, 1.807) is 10.7 Å². The zero-order valence-electron chi connectivity index (χ0n) is 11.6. The lowest BCUT2D eigenvalue weighted by molar-refractivity contribution is -0.113. The van der Waals surface area contributed by atoms with Gasteiger partial charge in [-0.2, -0.15) is 0 Å². The number of thioether (sulfide) groups is 1. The number of hydrogen-bond donors (Lipinski definition) is 1. The van der Waals surface area contributed by atoms with E-state index in [2.05, 4.69) is 25.8 Å². The minimum absolute atomic E-state index is 0.133. The van der Waals surface area contributed by atoms with Gasteiger partial charge < -0.3 is 5.32 Å². The van der Waals surface area contributed by atoms with E-state index in [1.165, 1.54) is 11.8 Å². The first kappa shape index (κ1) is 14.4. The highest BCUT2D eigenvalue weighted by molar-refractivity contribution is 7.99. The van der Waals surface area contributed by atoms with Crippen LogP contribution in [0.3, 0.4) is 0 Å². The standard InChI is InChI=1S/C12H16N6OS/c1-8(2)18-12(15-16-17-18)20-7-11(19)14-10-6-4-5-9(3)13-10/h4-6,8H,7H2,1-3H3,(H,13,14,19). The first-order valence-corrected chi connectivity index (χ1v) is 7.19. The maximum absolute atomic E-state index is 11.9. The van der Waals surface area contributed by atoms with E-state index in [-0.39, 0.29) is 17.7 Å². The third-order valence-electron chi connectivity index (χ3n) is 2.44. The van der Waals surface area contributed by atoms with Crippen molar-refractivity contribution in [1.29, 1.82) is 0 Å². The molecule has 0 aromatic carbocycles. The normalized spacial score (nSPS) is 10.8. The smallest absolute Gasteiger partial charge is 0.236 e. The molecule has 0 bridgehead atoms. The topological polar surface area (TPSA) is 85.6 Å². The zero-order chi connectivity index (χ0) is 14.5. The molecule has 2 aromatic rings. The summed E-state index contributed by atoms with van der Waals surface area (Å²) in [6.45, 7) is 5.84. The lowest BCUT2D eigenvalue weighted by atomic mass is 10.4. The molecule has 0 aliphatic carbocycles. The predicted octanol–water partition coefficient (Wildman–Crippen LogP) is 1.69. The van der Waals surface area contributed by atoms with Crippen LogP contribution >= 0.6 is 11.8 Å². The first-order valence-electron chi connectivity index (χ1n) is 6.20. The highest BCUT2D eigenvalue weighted by Crippen LogP contribution is 2.17. The molecule has 2 aromatic heterocycles. The van der Waals surface area contributed by atoms with Gasteiger partial charge in [0.05, 0.1) is 11.8 Å². The molecular weight excluding hydrogens is 276 g/mol. The summed E-state index contributed by atoms with van der Waals surface area (Å²) in [5.41, 5.74) is 0.860. The van der Waals surface area contributed by atoms with Crippen LogP contribution in [0.15, 0.2) is 23.4 Å². The van der Waals surface area contributed by atoms with E-state index in [0.29, 0.717) is 11.0 Å². The number of carbonyl (C=O) groups excluding carboxylic acids is 1. The Balaban J connectivity index is 1.91. The molecule has 0 radical (unpaired) electrons. The average molecular weight is 292 g/mol. The van der Waals surface area contributed by atoms with Crippen LogP contribution in [0.4, 0.5) is 5.82 Å². The molecule has 20 heavy (non-hydrogen) atoms.